The van der Waals surface area contributed by atoms with Crippen LogP contribution in [0.5, 0.6) is 0 Å². The van der Waals surface area contributed by atoms with Crippen molar-refractivity contribution in [3.63, 3.8) is 0 Å². The molecule has 1 amide bonds. The van der Waals surface area contributed by atoms with Crippen molar-refractivity contribution in [1.82, 2.24) is 4.57 Å². The molecule has 0 bridgehead atoms. The molecule has 4 nitrogen and oxygen atoms in total. The van der Waals surface area contributed by atoms with Crippen LogP contribution in [0.1, 0.15) is 43.0 Å². The predicted molar refractivity (Wildman–Crippen MR) is 87.3 cm³/mol. The zero-order chi connectivity index (χ0) is 15.4. The van der Waals surface area contributed by atoms with Crippen LogP contribution in [0.4, 0.5) is 0 Å². The van der Waals surface area contributed by atoms with Crippen LogP contribution in [0, 0.1) is 0 Å². The monoisotopic (exact) mass is 350 g/mol. The van der Waals surface area contributed by atoms with E-state index in [1.54, 1.807) is 6.20 Å². The van der Waals surface area contributed by atoms with Gasteiger partial charge in [-0.3, -0.25) is 9.59 Å². The highest BCUT2D eigenvalue weighted by atomic mass is 79.9. The lowest BCUT2D eigenvalue weighted by Crippen LogP contribution is -2.11. The summed E-state index contributed by atoms with van der Waals surface area (Å²) >= 11 is 3.39. The van der Waals surface area contributed by atoms with Crippen LogP contribution >= 0.6 is 15.9 Å². The number of ketones is 1. The number of aromatic nitrogens is 1. The van der Waals surface area contributed by atoms with Gasteiger partial charge in [0.05, 0.1) is 12.1 Å². The molecule has 1 aromatic carbocycles. The van der Waals surface area contributed by atoms with Crippen LogP contribution in [0.2, 0.25) is 0 Å². The van der Waals surface area contributed by atoms with Crippen LogP contribution in [0.15, 0.2) is 28.9 Å². The number of hydrogen-bond acceptors (Lipinski definition) is 2. The minimum Gasteiger partial charge on any atom is -0.366 e. The van der Waals surface area contributed by atoms with E-state index in [0.717, 1.165) is 34.6 Å². The molecular weight excluding hydrogens is 332 g/mol. The average molecular weight is 351 g/mol. The fourth-order valence-electron chi connectivity index (χ4n) is 2.44. The first-order valence-corrected chi connectivity index (χ1v) is 7.92. The number of halogens is 1. The summed E-state index contributed by atoms with van der Waals surface area (Å²) < 4.78 is 2.69. The Balaban J connectivity index is 2.28. The number of amides is 1. The number of nitrogens with two attached hydrogens (primary N) is 1. The third kappa shape index (κ3) is 3.73. The molecule has 0 aliphatic heterocycles. The van der Waals surface area contributed by atoms with Crippen molar-refractivity contribution in [3.8, 4) is 0 Å². The van der Waals surface area contributed by atoms with Crippen molar-refractivity contribution in [2.24, 2.45) is 5.73 Å². The summed E-state index contributed by atoms with van der Waals surface area (Å²) in [6.45, 7) is 2.40. The number of hydrogen-bond donors (Lipinski definition) is 1. The normalized spacial score (nSPS) is 11.0. The quantitative estimate of drug-likeness (QED) is 0.774. The third-order valence-corrected chi connectivity index (χ3v) is 4.01. The maximum absolute atomic E-state index is 12.0. The Bertz CT molecular complexity index is 676. The second kappa shape index (κ2) is 6.89. The van der Waals surface area contributed by atoms with Gasteiger partial charge in [0, 0.05) is 28.0 Å². The summed E-state index contributed by atoms with van der Waals surface area (Å²) in [5, 5.41) is 0.776. The van der Waals surface area contributed by atoms with E-state index >= 15 is 0 Å². The molecule has 0 aliphatic rings. The van der Waals surface area contributed by atoms with Crippen molar-refractivity contribution in [1.29, 1.82) is 0 Å². The van der Waals surface area contributed by atoms with Crippen molar-refractivity contribution in [3.05, 3.63) is 34.4 Å². The van der Waals surface area contributed by atoms with Gasteiger partial charge in [-0.05, 0) is 24.6 Å². The van der Waals surface area contributed by atoms with Gasteiger partial charge in [-0.15, -0.1) is 0 Å². The lowest BCUT2D eigenvalue weighted by Gasteiger charge is -2.04. The number of fused-ring (bicyclic) bond motifs is 1. The Hall–Kier alpha value is -1.62. The Morgan fingerprint density at radius 3 is 2.71 bits per heavy atom. The van der Waals surface area contributed by atoms with Gasteiger partial charge in [0.15, 0.2) is 5.78 Å². The molecule has 0 saturated heterocycles. The van der Waals surface area contributed by atoms with Gasteiger partial charge in [0.25, 0.3) is 5.91 Å². The zero-order valence-corrected chi connectivity index (χ0v) is 13.6. The van der Waals surface area contributed by atoms with Gasteiger partial charge in [0.1, 0.15) is 0 Å². The second-order valence-corrected chi connectivity index (χ2v) is 6.11. The minimum absolute atomic E-state index is 0.180. The molecule has 1 aromatic heterocycles. The lowest BCUT2D eigenvalue weighted by molar-refractivity contribution is -0.119. The summed E-state index contributed by atoms with van der Waals surface area (Å²) in [4.78, 5) is 23.6. The SMILES string of the molecule is CCCCCC(=O)Cn1cc(C(N)=O)c2cc(Br)ccc21. The maximum atomic E-state index is 12.0. The number of primary amides is 1. The van der Waals surface area contributed by atoms with E-state index in [2.05, 4.69) is 22.9 Å². The molecule has 2 rings (SSSR count). The number of benzene rings is 1. The van der Waals surface area contributed by atoms with Gasteiger partial charge < -0.3 is 10.3 Å². The fourth-order valence-corrected chi connectivity index (χ4v) is 2.80. The molecule has 0 fully saturated rings. The molecule has 112 valence electrons. The summed E-state index contributed by atoms with van der Waals surface area (Å²) in [6.07, 6.45) is 5.34. The van der Waals surface area contributed by atoms with Gasteiger partial charge >= 0.3 is 0 Å². The zero-order valence-electron chi connectivity index (χ0n) is 12.1. The molecule has 0 saturated carbocycles. The minimum atomic E-state index is -0.477. The van der Waals surface area contributed by atoms with Gasteiger partial charge in [0.2, 0.25) is 0 Å². The van der Waals surface area contributed by atoms with Gasteiger partial charge in [-0.2, -0.15) is 0 Å². The molecule has 5 heteroatoms. The number of carbonyl (C=O) groups is 2. The summed E-state index contributed by atoms with van der Waals surface area (Å²) in [5.74, 6) is -0.297. The number of unbranched alkanes of at least 4 members (excludes halogenated alkanes) is 2. The molecule has 0 aliphatic carbocycles. The van der Waals surface area contributed by atoms with E-state index in [-0.39, 0.29) is 12.3 Å². The fraction of sp³-hybridized carbons (Fsp3) is 0.375. The maximum Gasteiger partial charge on any atom is 0.250 e. The topological polar surface area (TPSA) is 65.1 Å². The van der Waals surface area contributed by atoms with Crippen molar-refractivity contribution in [2.75, 3.05) is 0 Å². The van der Waals surface area contributed by atoms with E-state index in [0.29, 0.717) is 12.0 Å². The van der Waals surface area contributed by atoms with Crippen molar-refractivity contribution in [2.45, 2.75) is 39.2 Å². The Morgan fingerprint density at radius 2 is 2.05 bits per heavy atom. The summed E-state index contributed by atoms with van der Waals surface area (Å²) in [5.41, 5.74) is 6.73. The molecule has 0 atom stereocenters. The molecule has 2 aromatic rings. The lowest BCUT2D eigenvalue weighted by atomic mass is 10.1. The molecule has 1 heterocycles. The second-order valence-electron chi connectivity index (χ2n) is 5.19. The molecule has 0 spiro atoms. The molecule has 21 heavy (non-hydrogen) atoms. The summed E-state index contributed by atoms with van der Waals surface area (Å²) in [6, 6.07) is 5.64. The van der Waals surface area contributed by atoms with Crippen LogP contribution in [0.3, 0.4) is 0 Å². The van der Waals surface area contributed by atoms with E-state index in [4.69, 9.17) is 5.73 Å². The number of carbonyl (C=O) groups excluding carboxylic acids is 2. The van der Waals surface area contributed by atoms with Crippen molar-refractivity contribution < 1.29 is 9.59 Å². The largest absolute Gasteiger partial charge is 0.366 e. The van der Waals surface area contributed by atoms with E-state index in [1.165, 1.54) is 0 Å². The molecule has 0 radical (unpaired) electrons. The Labute approximate surface area is 132 Å². The highest BCUT2D eigenvalue weighted by Crippen LogP contribution is 2.25. The van der Waals surface area contributed by atoms with Crippen LogP contribution < -0.4 is 5.73 Å². The first-order valence-electron chi connectivity index (χ1n) is 7.12. The van der Waals surface area contributed by atoms with E-state index in [9.17, 15) is 9.59 Å². The average Bonchev–Trinajstić information content (AvgIpc) is 2.77. The summed E-state index contributed by atoms with van der Waals surface area (Å²) in [7, 11) is 0. The van der Waals surface area contributed by atoms with Crippen LogP contribution in [-0.4, -0.2) is 16.3 Å². The smallest absolute Gasteiger partial charge is 0.250 e. The van der Waals surface area contributed by atoms with E-state index < -0.39 is 5.91 Å². The van der Waals surface area contributed by atoms with Crippen molar-refractivity contribution >= 4 is 38.5 Å². The highest BCUT2D eigenvalue weighted by Gasteiger charge is 2.14. The molecular formula is C16H19BrN2O2. The first-order chi connectivity index (χ1) is 10.0. The highest BCUT2D eigenvalue weighted by molar-refractivity contribution is 9.10. The molecule has 0 unspecified atom stereocenters. The van der Waals surface area contributed by atoms with E-state index in [1.807, 2.05) is 22.8 Å². The predicted octanol–water partition coefficient (Wildman–Crippen LogP) is 3.65. The number of nitrogens with zero attached hydrogens (tertiary/aromatic N) is 1. The standard InChI is InChI=1S/C16H19BrN2O2/c1-2-3-4-5-12(20)9-19-10-14(16(18)21)13-8-11(17)6-7-15(13)19/h6-8,10H,2-5,9H2,1H3,(H2,18,21). The Morgan fingerprint density at radius 1 is 1.29 bits per heavy atom. The third-order valence-electron chi connectivity index (χ3n) is 3.51. The first kappa shape index (κ1) is 15.8. The van der Waals surface area contributed by atoms with Gasteiger partial charge in [-0.1, -0.05) is 35.7 Å². The number of Topliss-reactive ketones (excluding diaryl/α,β-unsaturated/α-hetero) is 1. The van der Waals surface area contributed by atoms with Crippen LogP contribution in [0.25, 0.3) is 10.9 Å². The molecule has 2 N–H and O–H groups in total. The van der Waals surface area contributed by atoms with Gasteiger partial charge in [-0.25, -0.2) is 0 Å². The van der Waals surface area contributed by atoms with Crippen LogP contribution in [-0.2, 0) is 11.3 Å². The number of rotatable bonds is 7. The Kier molecular flexibility index (Phi) is 5.17.